The molecule has 22 heavy (non-hydrogen) atoms. The molecule has 1 fully saturated rings. The van der Waals surface area contributed by atoms with Crippen molar-refractivity contribution in [2.24, 2.45) is 0 Å². The number of hydrogen-bond acceptors (Lipinski definition) is 3. The van der Waals surface area contributed by atoms with Gasteiger partial charge in [0.1, 0.15) is 11.9 Å². The molecule has 0 N–H and O–H groups in total. The third-order valence-corrected chi connectivity index (χ3v) is 5.71. The molecule has 1 saturated heterocycles. The highest BCUT2D eigenvalue weighted by Gasteiger charge is 2.49. The second-order valence-electron chi connectivity index (χ2n) is 5.35. The number of halogens is 4. The van der Waals surface area contributed by atoms with Gasteiger partial charge in [-0.25, -0.2) is 12.8 Å². The lowest BCUT2D eigenvalue weighted by molar-refractivity contribution is -0.194. The van der Waals surface area contributed by atoms with E-state index in [1.807, 2.05) is 0 Å². The van der Waals surface area contributed by atoms with Crippen LogP contribution in [0.25, 0.3) is 0 Å². The van der Waals surface area contributed by atoms with E-state index in [2.05, 4.69) is 0 Å². The minimum absolute atomic E-state index is 0.0528. The third kappa shape index (κ3) is 3.26. The molecule has 2 rings (SSSR count). The number of sulfonamides is 1. The Morgan fingerprint density at radius 3 is 2.18 bits per heavy atom. The summed E-state index contributed by atoms with van der Waals surface area (Å²) < 4.78 is 77.8. The Labute approximate surface area is 126 Å². The molecule has 0 amide bonds. The molecule has 0 aliphatic carbocycles. The van der Waals surface area contributed by atoms with Crippen molar-refractivity contribution in [3.8, 4) is 0 Å². The molecule has 0 bridgehead atoms. The quantitative estimate of drug-likeness (QED) is 0.774. The second kappa shape index (κ2) is 5.78. The highest BCUT2D eigenvalue weighted by molar-refractivity contribution is 7.89. The van der Waals surface area contributed by atoms with Crippen LogP contribution in [-0.4, -0.2) is 56.0 Å². The first-order valence-electron chi connectivity index (χ1n) is 6.58. The molecule has 1 aliphatic heterocycles. The van der Waals surface area contributed by atoms with Gasteiger partial charge in [-0.1, -0.05) is 0 Å². The van der Waals surface area contributed by atoms with Crippen molar-refractivity contribution in [1.82, 2.24) is 9.21 Å². The molecule has 1 aromatic rings. The fourth-order valence-corrected chi connectivity index (χ4v) is 3.94. The standard InChI is InChI=1S/C13H16F4N2O2S/c1-9-7-19(8-12(18(9)2)13(15,16)17)22(20,21)11-5-3-10(14)4-6-11/h3-6,9,12H,7-8H2,1-2H3. The van der Waals surface area contributed by atoms with Crippen LogP contribution in [0.5, 0.6) is 0 Å². The third-order valence-electron chi connectivity index (χ3n) is 3.86. The van der Waals surface area contributed by atoms with E-state index in [0.717, 1.165) is 33.5 Å². The van der Waals surface area contributed by atoms with E-state index in [4.69, 9.17) is 0 Å². The summed E-state index contributed by atoms with van der Waals surface area (Å²) >= 11 is 0. The number of benzene rings is 1. The number of hydrogen-bond donors (Lipinski definition) is 0. The summed E-state index contributed by atoms with van der Waals surface area (Å²) in [5, 5.41) is 0. The maximum absolute atomic E-state index is 13.1. The van der Waals surface area contributed by atoms with Gasteiger partial charge in [0.2, 0.25) is 10.0 Å². The minimum Gasteiger partial charge on any atom is -0.290 e. The van der Waals surface area contributed by atoms with Crippen LogP contribution in [0.15, 0.2) is 29.2 Å². The molecule has 0 radical (unpaired) electrons. The van der Waals surface area contributed by atoms with Crippen molar-refractivity contribution >= 4 is 10.0 Å². The van der Waals surface area contributed by atoms with Crippen molar-refractivity contribution in [3.05, 3.63) is 30.1 Å². The first-order valence-corrected chi connectivity index (χ1v) is 8.02. The summed E-state index contributed by atoms with van der Waals surface area (Å²) in [6, 6.07) is 1.58. The van der Waals surface area contributed by atoms with Crippen LogP contribution in [0.1, 0.15) is 6.92 Å². The average Bonchev–Trinajstić information content (AvgIpc) is 2.40. The maximum atomic E-state index is 13.1. The van der Waals surface area contributed by atoms with Gasteiger partial charge in [0.05, 0.1) is 4.90 Å². The van der Waals surface area contributed by atoms with Gasteiger partial charge in [-0.15, -0.1) is 0 Å². The average molecular weight is 340 g/mol. The lowest BCUT2D eigenvalue weighted by Gasteiger charge is -2.43. The van der Waals surface area contributed by atoms with Gasteiger partial charge in [0.15, 0.2) is 0 Å². The topological polar surface area (TPSA) is 40.6 Å². The Morgan fingerprint density at radius 1 is 1.14 bits per heavy atom. The molecule has 1 aromatic carbocycles. The molecule has 9 heteroatoms. The Balaban J connectivity index is 2.33. The van der Waals surface area contributed by atoms with E-state index < -0.39 is 40.6 Å². The predicted molar refractivity (Wildman–Crippen MR) is 72.2 cm³/mol. The summed E-state index contributed by atoms with van der Waals surface area (Å²) in [7, 11) is -2.76. The lowest BCUT2D eigenvalue weighted by atomic mass is 10.1. The van der Waals surface area contributed by atoms with Crippen LogP contribution in [-0.2, 0) is 10.0 Å². The van der Waals surface area contributed by atoms with Gasteiger partial charge in [-0.3, -0.25) is 4.90 Å². The van der Waals surface area contributed by atoms with Gasteiger partial charge < -0.3 is 0 Å². The molecule has 0 aromatic heterocycles. The van der Waals surface area contributed by atoms with Crippen LogP contribution in [0.2, 0.25) is 0 Å². The lowest BCUT2D eigenvalue weighted by Crippen LogP contribution is -2.62. The van der Waals surface area contributed by atoms with Crippen LogP contribution in [0, 0.1) is 5.82 Å². The van der Waals surface area contributed by atoms with Crippen molar-refractivity contribution in [2.75, 3.05) is 20.1 Å². The smallest absolute Gasteiger partial charge is 0.290 e. The van der Waals surface area contributed by atoms with E-state index in [1.54, 1.807) is 0 Å². The fourth-order valence-electron chi connectivity index (χ4n) is 2.41. The minimum atomic E-state index is -4.53. The summed E-state index contributed by atoms with van der Waals surface area (Å²) in [5.74, 6) is -0.612. The number of piperazine rings is 1. The van der Waals surface area contributed by atoms with E-state index in [1.165, 1.54) is 14.0 Å². The van der Waals surface area contributed by atoms with Gasteiger partial charge in [-0.05, 0) is 38.2 Å². The Bertz CT molecular complexity index is 630. The van der Waals surface area contributed by atoms with Crippen molar-refractivity contribution in [2.45, 2.75) is 30.1 Å². The predicted octanol–water partition coefficient (Wildman–Crippen LogP) is 2.08. The van der Waals surface area contributed by atoms with E-state index >= 15 is 0 Å². The number of rotatable bonds is 2. The molecule has 1 heterocycles. The van der Waals surface area contributed by atoms with E-state index in [0.29, 0.717) is 0 Å². The Morgan fingerprint density at radius 2 is 1.68 bits per heavy atom. The molecule has 2 atom stereocenters. The Kier molecular flexibility index (Phi) is 4.51. The molecule has 2 unspecified atom stereocenters. The number of alkyl halides is 3. The van der Waals surface area contributed by atoms with Gasteiger partial charge in [-0.2, -0.15) is 17.5 Å². The highest BCUT2D eigenvalue weighted by Crippen LogP contribution is 2.31. The number of nitrogens with zero attached hydrogens (tertiary/aromatic N) is 2. The molecular formula is C13H16F4N2O2S. The highest BCUT2D eigenvalue weighted by atomic mass is 32.2. The zero-order valence-corrected chi connectivity index (χ0v) is 12.8. The van der Waals surface area contributed by atoms with Crippen LogP contribution < -0.4 is 0 Å². The van der Waals surface area contributed by atoms with Gasteiger partial charge in [0, 0.05) is 19.1 Å². The largest absolute Gasteiger partial charge is 0.405 e. The monoisotopic (exact) mass is 340 g/mol. The fraction of sp³-hybridized carbons (Fsp3) is 0.538. The SMILES string of the molecule is CC1CN(S(=O)(=O)c2ccc(F)cc2)CC(C(F)(F)F)N1C. The Hall–Kier alpha value is -1.19. The zero-order valence-electron chi connectivity index (χ0n) is 12.0. The van der Waals surface area contributed by atoms with E-state index in [-0.39, 0.29) is 11.4 Å². The summed E-state index contributed by atoms with van der Waals surface area (Å²) in [4.78, 5) is 0.906. The first kappa shape index (κ1) is 17.2. The van der Waals surface area contributed by atoms with Crippen LogP contribution in [0.4, 0.5) is 17.6 Å². The summed E-state index contributed by atoms with van der Waals surface area (Å²) in [6.45, 7) is 0.803. The normalized spacial score (nSPS) is 25.4. The summed E-state index contributed by atoms with van der Waals surface area (Å²) in [5.41, 5.74) is 0. The zero-order chi connectivity index (χ0) is 16.7. The molecular weight excluding hydrogens is 324 g/mol. The van der Waals surface area contributed by atoms with Gasteiger partial charge >= 0.3 is 6.18 Å². The van der Waals surface area contributed by atoms with Crippen molar-refractivity contribution in [1.29, 1.82) is 0 Å². The van der Waals surface area contributed by atoms with Crippen LogP contribution in [0.3, 0.4) is 0 Å². The molecule has 0 saturated carbocycles. The second-order valence-corrected chi connectivity index (χ2v) is 7.29. The molecule has 1 aliphatic rings. The van der Waals surface area contributed by atoms with Gasteiger partial charge in [0.25, 0.3) is 0 Å². The van der Waals surface area contributed by atoms with Crippen molar-refractivity contribution in [3.63, 3.8) is 0 Å². The van der Waals surface area contributed by atoms with E-state index in [9.17, 15) is 26.0 Å². The van der Waals surface area contributed by atoms with Crippen LogP contribution >= 0.6 is 0 Å². The maximum Gasteiger partial charge on any atom is 0.405 e. The number of likely N-dealkylation sites (N-methyl/N-ethyl adjacent to an activating group) is 1. The molecule has 0 spiro atoms. The molecule has 124 valence electrons. The first-order chi connectivity index (χ1) is 10.0. The summed E-state index contributed by atoms with van der Waals surface area (Å²) in [6.07, 6.45) is -4.53. The molecule has 4 nitrogen and oxygen atoms in total. The van der Waals surface area contributed by atoms with Crippen molar-refractivity contribution < 1.29 is 26.0 Å².